The molecule has 0 unspecified atom stereocenters. The number of rotatable bonds is 1. The van der Waals surface area contributed by atoms with E-state index < -0.39 is 0 Å². The Morgan fingerprint density at radius 2 is 1.73 bits per heavy atom. The summed E-state index contributed by atoms with van der Waals surface area (Å²) in [5.74, 6) is 0. The van der Waals surface area contributed by atoms with Crippen LogP contribution in [-0.2, 0) is 5.41 Å². The zero-order chi connectivity index (χ0) is 10.9. The molecule has 0 spiro atoms. The van der Waals surface area contributed by atoms with E-state index >= 15 is 0 Å². The van der Waals surface area contributed by atoms with Crippen molar-refractivity contribution < 1.29 is 0 Å². The highest BCUT2D eigenvalue weighted by Gasteiger charge is 2.20. The van der Waals surface area contributed by atoms with Gasteiger partial charge in [-0.1, -0.05) is 44.2 Å². The first-order valence-electron chi connectivity index (χ1n) is 5.05. The van der Waals surface area contributed by atoms with Gasteiger partial charge in [0, 0.05) is 5.41 Å². The fraction of sp³-hybridized carbons (Fsp3) is 0.333. The highest BCUT2D eigenvalue weighted by Crippen LogP contribution is 2.23. The summed E-state index contributed by atoms with van der Waals surface area (Å²) in [5, 5.41) is 8.10. The molecule has 15 heavy (non-hydrogen) atoms. The quantitative estimate of drug-likeness (QED) is 0.710. The van der Waals surface area contributed by atoms with Gasteiger partial charge in [0.2, 0.25) is 0 Å². The molecule has 0 radical (unpaired) electrons. The van der Waals surface area contributed by atoms with Crippen LogP contribution in [0.25, 0.3) is 5.69 Å². The molecule has 3 nitrogen and oxygen atoms in total. The molecule has 78 valence electrons. The number of hydrogen-bond acceptors (Lipinski definition) is 2. The van der Waals surface area contributed by atoms with Gasteiger partial charge in [-0.25, -0.2) is 4.68 Å². The lowest BCUT2D eigenvalue weighted by atomic mass is 9.92. The van der Waals surface area contributed by atoms with Crippen LogP contribution in [-0.4, -0.2) is 15.0 Å². The molecule has 0 aliphatic rings. The van der Waals surface area contributed by atoms with Gasteiger partial charge in [-0.15, -0.1) is 5.10 Å². The first-order chi connectivity index (χ1) is 7.09. The molecule has 1 aromatic heterocycles. The molecule has 0 saturated heterocycles. The fourth-order valence-electron chi connectivity index (χ4n) is 1.51. The molecular formula is C12H15N3. The minimum Gasteiger partial charge on any atom is -0.217 e. The van der Waals surface area contributed by atoms with E-state index in [9.17, 15) is 0 Å². The monoisotopic (exact) mass is 201 g/mol. The largest absolute Gasteiger partial charge is 0.217 e. The van der Waals surface area contributed by atoms with Crippen molar-refractivity contribution in [2.45, 2.75) is 26.2 Å². The lowest BCUT2D eigenvalue weighted by Gasteiger charge is -2.18. The molecule has 0 atom stereocenters. The first-order valence-corrected chi connectivity index (χ1v) is 5.05. The van der Waals surface area contributed by atoms with Crippen molar-refractivity contribution in [2.75, 3.05) is 0 Å². The Morgan fingerprint density at radius 3 is 2.33 bits per heavy atom. The Balaban J connectivity index is 2.51. The van der Waals surface area contributed by atoms with Crippen molar-refractivity contribution in [3.8, 4) is 5.69 Å². The maximum atomic E-state index is 4.12. The molecule has 0 saturated carbocycles. The van der Waals surface area contributed by atoms with Crippen molar-refractivity contribution in [3.05, 3.63) is 42.2 Å². The number of para-hydroxylation sites is 1. The summed E-state index contributed by atoms with van der Waals surface area (Å²) in [6.45, 7) is 6.47. The van der Waals surface area contributed by atoms with Gasteiger partial charge < -0.3 is 0 Å². The van der Waals surface area contributed by atoms with Crippen LogP contribution in [0.4, 0.5) is 0 Å². The van der Waals surface area contributed by atoms with Crippen LogP contribution in [0.2, 0.25) is 0 Å². The van der Waals surface area contributed by atoms with Gasteiger partial charge in [-0.2, -0.15) is 0 Å². The summed E-state index contributed by atoms with van der Waals surface area (Å²) in [4.78, 5) is 0. The minimum absolute atomic E-state index is 0.0549. The molecule has 2 aromatic rings. The maximum absolute atomic E-state index is 4.12. The van der Waals surface area contributed by atoms with Gasteiger partial charge in [0.25, 0.3) is 0 Å². The van der Waals surface area contributed by atoms with Crippen LogP contribution < -0.4 is 0 Å². The van der Waals surface area contributed by atoms with E-state index in [0.717, 1.165) is 11.4 Å². The third-order valence-corrected chi connectivity index (χ3v) is 2.32. The summed E-state index contributed by atoms with van der Waals surface area (Å²) >= 11 is 0. The Bertz CT molecular complexity index is 437. The van der Waals surface area contributed by atoms with Crippen LogP contribution in [0.1, 0.15) is 26.5 Å². The predicted molar refractivity (Wildman–Crippen MR) is 60.1 cm³/mol. The SMILES string of the molecule is CC(C)(C)c1cnnn1-c1ccccc1. The van der Waals surface area contributed by atoms with Crippen molar-refractivity contribution in [2.24, 2.45) is 0 Å². The lowest BCUT2D eigenvalue weighted by molar-refractivity contribution is 0.542. The smallest absolute Gasteiger partial charge is 0.0735 e. The highest BCUT2D eigenvalue weighted by atomic mass is 15.4. The molecule has 2 rings (SSSR count). The van der Waals surface area contributed by atoms with E-state index in [-0.39, 0.29) is 5.41 Å². The molecule has 0 aliphatic heterocycles. The van der Waals surface area contributed by atoms with E-state index in [4.69, 9.17) is 0 Å². The first kappa shape index (κ1) is 9.90. The topological polar surface area (TPSA) is 30.7 Å². The number of benzene rings is 1. The second-order valence-electron chi connectivity index (χ2n) is 4.62. The van der Waals surface area contributed by atoms with Crippen LogP contribution in [0, 0.1) is 0 Å². The Morgan fingerprint density at radius 1 is 1.07 bits per heavy atom. The maximum Gasteiger partial charge on any atom is 0.0735 e. The molecule has 0 N–H and O–H groups in total. The van der Waals surface area contributed by atoms with Gasteiger partial charge in [-0.3, -0.25) is 0 Å². The van der Waals surface area contributed by atoms with E-state index in [1.54, 1.807) is 0 Å². The third kappa shape index (κ3) is 1.91. The highest BCUT2D eigenvalue weighted by molar-refractivity contribution is 5.32. The molecule has 1 heterocycles. The molecule has 0 amide bonds. The number of hydrogen-bond donors (Lipinski definition) is 0. The van der Waals surface area contributed by atoms with Gasteiger partial charge in [0.1, 0.15) is 0 Å². The Labute approximate surface area is 89.7 Å². The Hall–Kier alpha value is -1.64. The van der Waals surface area contributed by atoms with Crippen molar-refractivity contribution >= 4 is 0 Å². The fourth-order valence-corrected chi connectivity index (χ4v) is 1.51. The van der Waals surface area contributed by atoms with Crippen molar-refractivity contribution in [3.63, 3.8) is 0 Å². The molecule has 0 fully saturated rings. The summed E-state index contributed by atoms with van der Waals surface area (Å²) in [7, 11) is 0. The van der Waals surface area contributed by atoms with Gasteiger partial charge >= 0.3 is 0 Å². The molecule has 0 aliphatic carbocycles. The zero-order valence-corrected chi connectivity index (χ0v) is 9.31. The van der Waals surface area contributed by atoms with Crippen LogP contribution in [0.5, 0.6) is 0 Å². The average Bonchev–Trinajstić information content (AvgIpc) is 2.67. The third-order valence-electron chi connectivity index (χ3n) is 2.32. The van der Waals surface area contributed by atoms with Gasteiger partial charge in [0.05, 0.1) is 17.6 Å². The van der Waals surface area contributed by atoms with Crippen LogP contribution in [0.3, 0.4) is 0 Å². The molecule has 1 aromatic carbocycles. The second kappa shape index (κ2) is 3.50. The summed E-state index contributed by atoms with van der Waals surface area (Å²) in [5.41, 5.74) is 2.23. The van der Waals surface area contributed by atoms with E-state index in [0.29, 0.717) is 0 Å². The van der Waals surface area contributed by atoms with Gasteiger partial charge in [0.15, 0.2) is 0 Å². The Kier molecular flexibility index (Phi) is 2.31. The average molecular weight is 201 g/mol. The summed E-state index contributed by atoms with van der Waals surface area (Å²) in [6, 6.07) is 10.1. The number of aromatic nitrogens is 3. The van der Waals surface area contributed by atoms with E-state index in [2.05, 4.69) is 31.1 Å². The molecular weight excluding hydrogens is 186 g/mol. The van der Waals surface area contributed by atoms with Crippen molar-refractivity contribution in [1.82, 2.24) is 15.0 Å². The van der Waals surface area contributed by atoms with Crippen LogP contribution >= 0.6 is 0 Å². The summed E-state index contributed by atoms with van der Waals surface area (Å²) < 4.78 is 1.89. The van der Waals surface area contributed by atoms with E-state index in [1.165, 1.54) is 0 Å². The molecule has 0 bridgehead atoms. The summed E-state index contributed by atoms with van der Waals surface area (Å²) in [6.07, 6.45) is 1.83. The minimum atomic E-state index is 0.0549. The standard InChI is InChI=1S/C12H15N3/c1-12(2,3)11-9-13-14-15(11)10-7-5-4-6-8-10/h4-9H,1-3H3. The van der Waals surface area contributed by atoms with Gasteiger partial charge in [-0.05, 0) is 12.1 Å². The van der Waals surface area contributed by atoms with Crippen molar-refractivity contribution in [1.29, 1.82) is 0 Å². The van der Waals surface area contributed by atoms with E-state index in [1.807, 2.05) is 41.2 Å². The van der Waals surface area contributed by atoms with Crippen LogP contribution in [0.15, 0.2) is 36.5 Å². The number of nitrogens with zero attached hydrogens (tertiary/aromatic N) is 3. The molecule has 3 heteroatoms. The lowest BCUT2D eigenvalue weighted by Crippen LogP contribution is -2.17. The zero-order valence-electron chi connectivity index (χ0n) is 9.31. The predicted octanol–water partition coefficient (Wildman–Crippen LogP) is 2.56. The second-order valence-corrected chi connectivity index (χ2v) is 4.62. The normalized spacial score (nSPS) is 11.7.